The van der Waals surface area contributed by atoms with Gasteiger partial charge in [-0.1, -0.05) is 0 Å². The molecule has 0 bridgehead atoms. The predicted octanol–water partition coefficient (Wildman–Crippen LogP) is 2.76. The monoisotopic (exact) mass is 331 g/mol. The van der Waals surface area contributed by atoms with Crippen LogP contribution in [0.1, 0.15) is 21.6 Å². The number of carbonyl (C=O) groups is 1. The molecule has 0 unspecified atom stereocenters. The van der Waals surface area contributed by atoms with Crippen molar-refractivity contribution in [2.45, 2.75) is 13.5 Å². The van der Waals surface area contributed by atoms with Crippen LogP contribution in [-0.2, 0) is 6.54 Å². The highest BCUT2D eigenvalue weighted by atomic mass is 16.1. The summed E-state index contributed by atoms with van der Waals surface area (Å²) in [5.41, 5.74) is 4.45. The van der Waals surface area contributed by atoms with Crippen LogP contribution in [0.15, 0.2) is 67.5 Å². The molecule has 0 aliphatic carbocycles. The van der Waals surface area contributed by atoms with Gasteiger partial charge in [0.1, 0.15) is 5.65 Å². The second-order valence-corrected chi connectivity index (χ2v) is 5.90. The molecule has 124 valence electrons. The number of hydrogen-bond acceptors (Lipinski definition) is 3. The second-order valence-electron chi connectivity index (χ2n) is 5.90. The summed E-state index contributed by atoms with van der Waals surface area (Å²) in [6.45, 7) is 2.42. The van der Waals surface area contributed by atoms with E-state index >= 15 is 0 Å². The fourth-order valence-electron chi connectivity index (χ4n) is 2.69. The molecule has 0 saturated carbocycles. The minimum Gasteiger partial charge on any atom is -0.346 e. The lowest BCUT2D eigenvalue weighted by Gasteiger charge is -2.05. The van der Waals surface area contributed by atoms with Crippen molar-refractivity contribution in [1.29, 1.82) is 0 Å². The van der Waals surface area contributed by atoms with Gasteiger partial charge in [0.15, 0.2) is 0 Å². The zero-order valence-electron chi connectivity index (χ0n) is 13.8. The predicted molar refractivity (Wildman–Crippen MR) is 94.7 cm³/mol. The maximum Gasteiger partial charge on any atom is 0.251 e. The Balaban J connectivity index is 1.44. The molecule has 4 rings (SSSR count). The summed E-state index contributed by atoms with van der Waals surface area (Å²) in [6, 6.07) is 11.4. The Kier molecular flexibility index (Phi) is 3.78. The Morgan fingerprint density at radius 1 is 1.16 bits per heavy atom. The fraction of sp³-hybridized carbons (Fsp3) is 0.105. The molecule has 25 heavy (non-hydrogen) atoms. The summed E-state index contributed by atoms with van der Waals surface area (Å²) in [4.78, 5) is 20.9. The van der Waals surface area contributed by atoms with Gasteiger partial charge in [0.2, 0.25) is 0 Å². The van der Waals surface area contributed by atoms with Crippen LogP contribution in [0.2, 0.25) is 0 Å². The van der Waals surface area contributed by atoms with Crippen LogP contribution in [0.4, 0.5) is 0 Å². The van der Waals surface area contributed by atoms with Gasteiger partial charge in [0.25, 0.3) is 5.91 Å². The zero-order valence-corrected chi connectivity index (χ0v) is 13.8. The number of rotatable bonds is 4. The topological polar surface area (TPSA) is 64.2 Å². The maximum absolute atomic E-state index is 12.3. The van der Waals surface area contributed by atoms with E-state index in [4.69, 9.17) is 0 Å². The number of fused-ring (bicyclic) bond motifs is 1. The molecule has 0 radical (unpaired) electrons. The molecule has 1 amide bonds. The third-order valence-electron chi connectivity index (χ3n) is 4.03. The highest BCUT2D eigenvalue weighted by Gasteiger charge is 2.08. The standard InChI is InChI=1S/C19H17N5O/c1-14-6-8-23-12-16(22-18(23)10-14)11-21-19(25)15-2-4-17(5-3-15)24-9-7-20-13-24/h2-10,12-13H,11H2,1H3,(H,21,25). The quantitative estimate of drug-likeness (QED) is 0.625. The van der Waals surface area contributed by atoms with Gasteiger partial charge in [-0.25, -0.2) is 9.97 Å². The average Bonchev–Trinajstić information content (AvgIpc) is 3.29. The van der Waals surface area contributed by atoms with Gasteiger partial charge >= 0.3 is 0 Å². The molecule has 0 fully saturated rings. The van der Waals surface area contributed by atoms with E-state index in [-0.39, 0.29) is 5.91 Å². The number of carbonyl (C=O) groups excluding carboxylic acids is 1. The van der Waals surface area contributed by atoms with Crippen molar-refractivity contribution in [3.63, 3.8) is 0 Å². The van der Waals surface area contributed by atoms with Crippen LogP contribution in [-0.4, -0.2) is 24.8 Å². The molecule has 3 aromatic heterocycles. The highest BCUT2D eigenvalue weighted by Crippen LogP contribution is 2.10. The van der Waals surface area contributed by atoms with Crippen LogP contribution in [0.3, 0.4) is 0 Å². The number of benzene rings is 1. The Labute approximate surface area is 144 Å². The maximum atomic E-state index is 12.3. The molecule has 3 heterocycles. The van der Waals surface area contributed by atoms with Crippen LogP contribution >= 0.6 is 0 Å². The molecule has 1 aromatic carbocycles. The molecule has 0 spiro atoms. The second kappa shape index (κ2) is 6.24. The van der Waals surface area contributed by atoms with Gasteiger partial charge in [-0.15, -0.1) is 0 Å². The Morgan fingerprint density at radius 3 is 2.76 bits per heavy atom. The van der Waals surface area contributed by atoms with Crippen molar-refractivity contribution in [3.8, 4) is 5.69 Å². The van der Waals surface area contributed by atoms with Crippen LogP contribution in [0.25, 0.3) is 11.3 Å². The molecular formula is C19H17N5O. The number of nitrogens with one attached hydrogen (secondary N) is 1. The van der Waals surface area contributed by atoms with Crippen molar-refractivity contribution >= 4 is 11.6 Å². The van der Waals surface area contributed by atoms with Gasteiger partial charge < -0.3 is 14.3 Å². The number of amides is 1. The van der Waals surface area contributed by atoms with Crippen LogP contribution in [0, 0.1) is 6.92 Å². The zero-order chi connectivity index (χ0) is 17.2. The number of aromatic nitrogens is 4. The summed E-state index contributed by atoms with van der Waals surface area (Å²) in [6.07, 6.45) is 9.20. The first-order valence-electron chi connectivity index (χ1n) is 8.00. The lowest BCUT2D eigenvalue weighted by molar-refractivity contribution is 0.0950. The highest BCUT2D eigenvalue weighted by molar-refractivity contribution is 5.94. The van der Waals surface area contributed by atoms with E-state index in [1.807, 2.05) is 58.7 Å². The summed E-state index contributed by atoms with van der Waals surface area (Å²) < 4.78 is 3.84. The molecule has 0 aliphatic heterocycles. The van der Waals surface area contributed by atoms with Crippen molar-refractivity contribution in [1.82, 2.24) is 24.3 Å². The summed E-state index contributed by atoms with van der Waals surface area (Å²) in [7, 11) is 0. The lowest BCUT2D eigenvalue weighted by Crippen LogP contribution is -2.22. The first-order chi connectivity index (χ1) is 12.2. The van der Waals surface area contributed by atoms with Crippen molar-refractivity contribution in [3.05, 3.63) is 84.3 Å². The van der Waals surface area contributed by atoms with Gasteiger partial charge in [0.05, 0.1) is 18.6 Å². The summed E-state index contributed by atoms with van der Waals surface area (Å²) >= 11 is 0. The van der Waals surface area contributed by atoms with E-state index in [2.05, 4.69) is 15.3 Å². The van der Waals surface area contributed by atoms with Gasteiger partial charge in [-0.3, -0.25) is 4.79 Å². The van der Waals surface area contributed by atoms with E-state index in [0.717, 1.165) is 22.6 Å². The number of pyridine rings is 1. The minimum absolute atomic E-state index is 0.120. The first kappa shape index (κ1) is 15.1. The molecule has 1 N–H and O–H groups in total. The van der Waals surface area contributed by atoms with Gasteiger partial charge in [0, 0.05) is 36.0 Å². The van der Waals surface area contributed by atoms with Crippen molar-refractivity contribution < 1.29 is 4.79 Å². The molecular weight excluding hydrogens is 314 g/mol. The Bertz CT molecular complexity index is 1020. The third kappa shape index (κ3) is 3.14. The number of imidazole rings is 2. The number of aryl methyl sites for hydroxylation is 1. The first-order valence-corrected chi connectivity index (χ1v) is 8.00. The average molecular weight is 331 g/mol. The number of hydrogen-bond donors (Lipinski definition) is 1. The van der Waals surface area contributed by atoms with Crippen molar-refractivity contribution in [2.75, 3.05) is 0 Å². The lowest BCUT2D eigenvalue weighted by atomic mass is 10.2. The van der Waals surface area contributed by atoms with Crippen molar-refractivity contribution in [2.24, 2.45) is 0 Å². The summed E-state index contributed by atoms with van der Waals surface area (Å²) in [5, 5.41) is 2.91. The molecule has 0 aliphatic rings. The van der Waals surface area contributed by atoms with E-state index in [1.54, 1.807) is 24.7 Å². The van der Waals surface area contributed by atoms with E-state index in [9.17, 15) is 4.79 Å². The largest absolute Gasteiger partial charge is 0.346 e. The Morgan fingerprint density at radius 2 is 2.00 bits per heavy atom. The summed E-state index contributed by atoms with van der Waals surface area (Å²) in [5.74, 6) is -0.120. The Hall–Kier alpha value is -3.41. The third-order valence-corrected chi connectivity index (χ3v) is 4.03. The van der Waals surface area contributed by atoms with Crippen LogP contribution < -0.4 is 5.32 Å². The molecule has 6 nitrogen and oxygen atoms in total. The van der Waals surface area contributed by atoms with Crippen LogP contribution in [0.5, 0.6) is 0 Å². The van der Waals surface area contributed by atoms with E-state index in [0.29, 0.717) is 12.1 Å². The molecule has 4 aromatic rings. The normalized spacial score (nSPS) is 10.9. The SMILES string of the molecule is Cc1ccn2cc(CNC(=O)c3ccc(-n4ccnc4)cc3)nc2c1. The fourth-order valence-corrected chi connectivity index (χ4v) is 2.69. The van der Waals surface area contributed by atoms with Gasteiger partial charge in [-0.2, -0.15) is 0 Å². The van der Waals surface area contributed by atoms with Gasteiger partial charge in [-0.05, 0) is 48.9 Å². The molecule has 0 saturated heterocycles. The smallest absolute Gasteiger partial charge is 0.251 e. The molecule has 6 heteroatoms. The molecule has 0 atom stereocenters. The van der Waals surface area contributed by atoms with E-state index < -0.39 is 0 Å². The van der Waals surface area contributed by atoms with E-state index in [1.165, 1.54) is 0 Å². The number of nitrogens with zero attached hydrogens (tertiary/aromatic N) is 4. The minimum atomic E-state index is -0.120.